The summed E-state index contributed by atoms with van der Waals surface area (Å²) in [6.45, 7) is 8.53. The van der Waals surface area contributed by atoms with Crippen molar-refractivity contribution in [2.24, 2.45) is 7.05 Å². The van der Waals surface area contributed by atoms with Crippen molar-refractivity contribution in [3.05, 3.63) is 18.0 Å². The summed E-state index contributed by atoms with van der Waals surface area (Å²) in [4.78, 5) is 4.38. The first kappa shape index (κ1) is 18.8. The number of rotatable bonds is 5. The van der Waals surface area contributed by atoms with Gasteiger partial charge >= 0.3 is 5.95 Å². The highest BCUT2D eigenvalue weighted by molar-refractivity contribution is 5.71. The highest BCUT2D eigenvalue weighted by Crippen LogP contribution is 2.40. The zero-order chi connectivity index (χ0) is 20.8. The van der Waals surface area contributed by atoms with Gasteiger partial charge in [-0.05, 0) is 12.3 Å². The monoisotopic (exact) mass is 398 g/mol. The van der Waals surface area contributed by atoms with E-state index in [0.29, 0.717) is 47.0 Å². The number of methoxy groups -OCH3 is 1. The molecule has 0 unspecified atom stereocenters. The molecule has 0 spiro atoms. The predicted octanol–water partition coefficient (Wildman–Crippen LogP) is 2.28. The lowest BCUT2D eigenvalue weighted by atomic mass is 9.85. The van der Waals surface area contributed by atoms with Crippen LogP contribution in [0.4, 0.5) is 0 Å². The van der Waals surface area contributed by atoms with Gasteiger partial charge in [0.2, 0.25) is 17.3 Å². The SMILES string of the molecule is CCOc1cc(-c2nnc3c(OC)c(C(C)(C)C)c(-c4ncn(C)n4)nn23)no1. The fourth-order valence-electron chi connectivity index (χ4n) is 3.11. The largest absolute Gasteiger partial charge is 0.492 e. The van der Waals surface area contributed by atoms with E-state index in [0.717, 1.165) is 5.56 Å². The Balaban J connectivity index is 2.01. The molecule has 0 saturated carbocycles. The van der Waals surface area contributed by atoms with Crippen molar-refractivity contribution in [2.75, 3.05) is 13.7 Å². The fourth-order valence-corrected chi connectivity index (χ4v) is 3.11. The molecule has 4 aromatic heterocycles. The van der Waals surface area contributed by atoms with Crippen molar-refractivity contribution >= 4 is 5.65 Å². The average Bonchev–Trinajstić information content (AvgIpc) is 3.38. The van der Waals surface area contributed by atoms with Crippen LogP contribution in [0.5, 0.6) is 11.7 Å². The normalized spacial score (nSPS) is 11.9. The van der Waals surface area contributed by atoms with Gasteiger partial charge in [0, 0.05) is 12.6 Å². The van der Waals surface area contributed by atoms with Gasteiger partial charge in [0.25, 0.3) is 0 Å². The van der Waals surface area contributed by atoms with E-state index in [-0.39, 0.29) is 5.41 Å². The van der Waals surface area contributed by atoms with Crippen LogP contribution in [0.3, 0.4) is 0 Å². The Morgan fingerprint density at radius 2 is 1.97 bits per heavy atom. The minimum Gasteiger partial charge on any atom is -0.492 e. The number of nitrogens with zero attached hydrogens (tertiary/aromatic N) is 8. The zero-order valence-corrected chi connectivity index (χ0v) is 17.2. The lowest BCUT2D eigenvalue weighted by Crippen LogP contribution is -2.18. The van der Waals surface area contributed by atoms with E-state index in [2.05, 4.69) is 46.2 Å². The summed E-state index contributed by atoms with van der Waals surface area (Å²) in [5, 5.41) is 21.8. The van der Waals surface area contributed by atoms with Crippen LogP contribution in [0.15, 0.2) is 16.9 Å². The molecule has 11 heteroatoms. The van der Waals surface area contributed by atoms with Crippen LogP contribution < -0.4 is 9.47 Å². The fraction of sp³-hybridized carbons (Fsp3) is 0.444. The first-order valence-electron chi connectivity index (χ1n) is 9.13. The van der Waals surface area contributed by atoms with Gasteiger partial charge in [-0.2, -0.15) is 9.61 Å². The molecule has 11 nitrogen and oxygen atoms in total. The Morgan fingerprint density at radius 3 is 2.59 bits per heavy atom. The molecule has 4 rings (SSSR count). The van der Waals surface area contributed by atoms with Crippen LogP contribution in [0, 0.1) is 0 Å². The first-order chi connectivity index (χ1) is 13.8. The topological polar surface area (TPSA) is 118 Å². The quantitative estimate of drug-likeness (QED) is 0.499. The van der Waals surface area contributed by atoms with Gasteiger partial charge in [-0.25, -0.2) is 4.98 Å². The molecule has 0 aliphatic rings. The third-order valence-corrected chi connectivity index (χ3v) is 4.28. The Labute approximate surface area is 166 Å². The van der Waals surface area contributed by atoms with Gasteiger partial charge in [0.15, 0.2) is 11.4 Å². The average molecular weight is 398 g/mol. The highest BCUT2D eigenvalue weighted by atomic mass is 16.6. The van der Waals surface area contributed by atoms with Gasteiger partial charge in [-0.15, -0.1) is 15.3 Å². The standard InChI is InChI=1S/C18H22N8O3/c1-7-28-11-8-10(24-29-11)16-20-21-17-14(27-6)12(18(2,3)4)13(22-26(16)17)15-19-9-25(5)23-15/h8-9H,7H2,1-6H3. The minimum atomic E-state index is -0.309. The van der Waals surface area contributed by atoms with Crippen molar-refractivity contribution < 1.29 is 14.0 Å². The van der Waals surface area contributed by atoms with Gasteiger partial charge in [0.05, 0.1) is 19.8 Å². The predicted molar refractivity (Wildman–Crippen MR) is 103 cm³/mol. The maximum Gasteiger partial charge on any atom is 0.311 e. The number of aryl methyl sites for hydroxylation is 1. The maximum absolute atomic E-state index is 5.75. The van der Waals surface area contributed by atoms with E-state index >= 15 is 0 Å². The summed E-state index contributed by atoms with van der Waals surface area (Å²) in [5.41, 5.74) is 2.02. The van der Waals surface area contributed by atoms with Crippen molar-refractivity contribution in [3.63, 3.8) is 0 Å². The second-order valence-electron chi connectivity index (χ2n) is 7.47. The van der Waals surface area contributed by atoms with Crippen LogP contribution in [-0.2, 0) is 12.5 Å². The van der Waals surface area contributed by atoms with Gasteiger partial charge in [-0.1, -0.05) is 25.9 Å². The molecule has 4 aromatic rings. The van der Waals surface area contributed by atoms with E-state index in [1.54, 1.807) is 35.7 Å². The number of hydrogen-bond acceptors (Lipinski definition) is 9. The number of fused-ring (bicyclic) bond motifs is 1. The summed E-state index contributed by atoms with van der Waals surface area (Å²) in [6, 6.07) is 1.64. The first-order valence-corrected chi connectivity index (χ1v) is 9.13. The molecular formula is C18H22N8O3. The van der Waals surface area contributed by atoms with Crippen molar-refractivity contribution in [1.82, 2.24) is 39.7 Å². The lowest BCUT2D eigenvalue weighted by molar-refractivity contribution is 0.226. The van der Waals surface area contributed by atoms with E-state index in [9.17, 15) is 0 Å². The van der Waals surface area contributed by atoms with Crippen LogP contribution >= 0.6 is 0 Å². The third kappa shape index (κ3) is 3.18. The molecule has 0 saturated heterocycles. The Hall–Kier alpha value is -3.50. The summed E-state index contributed by atoms with van der Waals surface area (Å²) >= 11 is 0. The van der Waals surface area contributed by atoms with Crippen molar-refractivity contribution in [2.45, 2.75) is 33.1 Å². The van der Waals surface area contributed by atoms with Crippen molar-refractivity contribution in [1.29, 1.82) is 0 Å². The molecule has 0 aromatic carbocycles. The third-order valence-electron chi connectivity index (χ3n) is 4.28. The minimum absolute atomic E-state index is 0.296. The van der Waals surface area contributed by atoms with Gasteiger partial charge < -0.3 is 14.0 Å². The summed E-state index contributed by atoms with van der Waals surface area (Å²) in [5.74, 6) is 1.73. The zero-order valence-electron chi connectivity index (χ0n) is 17.2. The summed E-state index contributed by atoms with van der Waals surface area (Å²) in [7, 11) is 3.40. The van der Waals surface area contributed by atoms with Gasteiger partial charge in [-0.3, -0.25) is 4.68 Å². The molecule has 29 heavy (non-hydrogen) atoms. The molecule has 0 fully saturated rings. The number of aromatic nitrogens is 8. The summed E-state index contributed by atoms with van der Waals surface area (Å²) < 4.78 is 19.5. The lowest BCUT2D eigenvalue weighted by Gasteiger charge is -2.24. The van der Waals surface area contributed by atoms with E-state index in [4.69, 9.17) is 19.1 Å². The Kier molecular flexibility index (Phi) is 4.44. The van der Waals surface area contributed by atoms with Crippen LogP contribution in [0.2, 0.25) is 0 Å². The second-order valence-corrected chi connectivity index (χ2v) is 7.47. The molecule has 0 bridgehead atoms. The van der Waals surface area contributed by atoms with Crippen LogP contribution in [0.25, 0.3) is 28.7 Å². The summed E-state index contributed by atoms with van der Waals surface area (Å²) in [6.07, 6.45) is 1.62. The second kappa shape index (κ2) is 6.83. The molecule has 0 radical (unpaired) electrons. The molecule has 0 N–H and O–H groups in total. The number of hydrogen-bond donors (Lipinski definition) is 0. The molecule has 0 aliphatic carbocycles. The molecule has 152 valence electrons. The van der Waals surface area contributed by atoms with Crippen LogP contribution in [-0.4, -0.2) is 53.4 Å². The molecule has 0 atom stereocenters. The van der Waals surface area contributed by atoms with Crippen LogP contribution in [0.1, 0.15) is 33.3 Å². The molecular weight excluding hydrogens is 376 g/mol. The van der Waals surface area contributed by atoms with Gasteiger partial charge in [0.1, 0.15) is 12.0 Å². The number of ether oxygens (including phenoxy) is 2. The smallest absolute Gasteiger partial charge is 0.311 e. The molecule has 4 heterocycles. The Morgan fingerprint density at radius 1 is 1.17 bits per heavy atom. The van der Waals surface area contributed by atoms with E-state index < -0.39 is 0 Å². The van der Waals surface area contributed by atoms with Crippen molar-refractivity contribution in [3.8, 4) is 34.7 Å². The Bertz CT molecular complexity index is 1170. The highest BCUT2D eigenvalue weighted by Gasteiger charge is 2.31. The molecule has 0 aliphatic heterocycles. The molecule has 0 amide bonds. The maximum atomic E-state index is 5.75. The van der Waals surface area contributed by atoms with E-state index in [1.807, 2.05) is 6.92 Å². The van der Waals surface area contributed by atoms with E-state index in [1.165, 1.54) is 0 Å².